The lowest BCUT2D eigenvalue weighted by molar-refractivity contribution is -0.131. The quantitative estimate of drug-likeness (QED) is 0.886. The van der Waals surface area contributed by atoms with Gasteiger partial charge in [-0.15, -0.1) is 0 Å². The summed E-state index contributed by atoms with van der Waals surface area (Å²) in [6, 6.07) is 5.80. The summed E-state index contributed by atoms with van der Waals surface area (Å²) in [5.74, 6) is -0.442. The first-order chi connectivity index (χ1) is 11.0. The Labute approximate surface area is 132 Å². The van der Waals surface area contributed by atoms with E-state index in [2.05, 4.69) is 10.3 Å². The van der Waals surface area contributed by atoms with Crippen LogP contribution in [0.15, 0.2) is 30.5 Å². The van der Waals surface area contributed by atoms with Crippen molar-refractivity contribution in [3.63, 3.8) is 0 Å². The molecule has 1 unspecified atom stereocenters. The fourth-order valence-electron chi connectivity index (χ4n) is 3.32. The number of urea groups is 1. The van der Waals surface area contributed by atoms with E-state index in [0.29, 0.717) is 16.5 Å². The number of nitrogens with zero attached hydrogens (tertiary/aromatic N) is 2. The van der Waals surface area contributed by atoms with Crippen molar-refractivity contribution in [2.24, 2.45) is 5.92 Å². The van der Waals surface area contributed by atoms with Crippen LogP contribution >= 0.6 is 0 Å². The van der Waals surface area contributed by atoms with E-state index >= 15 is 0 Å². The lowest BCUT2D eigenvalue weighted by atomic mass is 9.96. The second kappa shape index (κ2) is 4.75. The number of pyridine rings is 1. The molecule has 1 aliphatic heterocycles. The maximum Gasteiger partial charge on any atom is 0.325 e. The molecule has 118 valence electrons. The topological polar surface area (TPSA) is 62.3 Å². The Hall–Kier alpha value is -2.50. The number of aromatic nitrogens is 1. The molecule has 0 bridgehead atoms. The number of hydrogen-bond acceptors (Lipinski definition) is 3. The Bertz CT molecular complexity index is 834. The highest BCUT2D eigenvalue weighted by Crippen LogP contribution is 2.43. The van der Waals surface area contributed by atoms with E-state index in [4.69, 9.17) is 0 Å². The highest BCUT2D eigenvalue weighted by atomic mass is 19.1. The van der Waals surface area contributed by atoms with Gasteiger partial charge in [0.2, 0.25) is 0 Å². The van der Waals surface area contributed by atoms with E-state index in [1.807, 2.05) is 0 Å². The van der Waals surface area contributed by atoms with Gasteiger partial charge >= 0.3 is 6.03 Å². The zero-order valence-electron chi connectivity index (χ0n) is 12.7. The number of nitrogens with one attached hydrogen (secondary N) is 1. The SMILES string of the molecule is CC1(C2CC2)NC(=O)N(Cc2cc(F)cc3cccnc23)C1=O. The van der Waals surface area contributed by atoms with Gasteiger partial charge in [0.15, 0.2) is 0 Å². The van der Waals surface area contributed by atoms with Gasteiger partial charge in [0, 0.05) is 17.1 Å². The third-order valence-corrected chi connectivity index (χ3v) is 4.77. The van der Waals surface area contributed by atoms with Gasteiger partial charge in [-0.25, -0.2) is 9.18 Å². The molecule has 3 amide bonds. The smallest absolute Gasteiger partial charge is 0.323 e. The Morgan fingerprint density at radius 2 is 2.17 bits per heavy atom. The molecule has 4 rings (SSSR count). The van der Waals surface area contributed by atoms with Gasteiger partial charge in [-0.3, -0.25) is 14.7 Å². The number of hydrogen-bond donors (Lipinski definition) is 1. The summed E-state index contributed by atoms with van der Waals surface area (Å²) >= 11 is 0. The van der Waals surface area contributed by atoms with Crippen LogP contribution in [0.4, 0.5) is 9.18 Å². The molecule has 1 atom stereocenters. The normalized spacial score (nSPS) is 24.3. The molecule has 1 saturated carbocycles. The lowest BCUT2D eigenvalue weighted by Crippen LogP contribution is -2.46. The Balaban J connectivity index is 1.71. The number of imide groups is 1. The molecule has 1 N–H and O–H groups in total. The first-order valence-electron chi connectivity index (χ1n) is 7.66. The highest BCUT2D eigenvalue weighted by Gasteiger charge is 2.55. The average molecular weight is 313 g/mol. The molecule has 23 heavy (non-hydrogen) atoms. The fraction of sp³-hybridized carbons (Fsp3) is 0.353. The molecule has 2 aliphatic rings. The summed E-state index contributed by atoms with van der Waals surface area (Å²) in [5, 5.41) is 3.45. The van der Waals surface area contributed by atoms with E-state index in [-0.39, 0.29) is 18.4 Å². The summed E-state index contributed by atoms with van der Waals surface area (Å²) < 4.78 is 13.8. The molecule has 0 spiro atoms. The number of rotatable bonds is 3. The van der Waals surface area contributed by atoms with Gasteiger partial charge in [0.25, 0.3) is 5.91 Å². The average Bonchev–Trinajstić information content (AvgIpc) is 3.33. The van der Waals surface area contributed by atoms with Crippen LogP contribution in [0.25, 0.3) is 10.9 Å². The van der Waals surface area contributed by atoms with Crippen LogP contribution < -0.4 is 5.32 Å². The standard InChI is InChI=1S/C17H16FN3O2/c1-17(12-4-5-12)15(22)21(16(23)20-17)9-11-8-13(18)7-10-3-2-6-19-14(10)11/h2-3,6-8,12H,4-5,9H2,1H3,(H,20,23). The molecule has 2 heterocycles. The molecule has 5 nitrogen and oxygen atoms in total. The summed E-state index contributed by atoms with van der Waals surface area (Å²) in [7, 11) is 0. The maximum atomic E-state index is 13.8. The van der Waals surface area contributed by atoms with Gasteiger partial charge in [-0.1, -0.05) is 6.07 Å². The van der Waals surface area contributed by atoms with Crippen LogP contribution in [0, 0.1) is 11.7 Å². The predicted octanol–water partition coefficient (Wildman–Crippen LogP) is 2.59. The van der Waals surface area contributed by atoms with E-state index in [1.165, 1.54) is 17.0 Å². The summed E-state index contributed by atoms with van der Waals surface area (Å²) in [4.78, 5) is 30.3. The minimum atomic E-state index is -0.826. The van der Waals surface area contributed by atoms with Gasteiger partial charge < -0.3 is 5.32 Å². The van der Waals surface area contributed by atoms with Crippen molar-refractivity contribution < 1.29 is 14.0 Å². The minimum Gasteiger partial charge on any atom is -0.323 e. The van der Waals surface area contributed by atoms with Crippen LogP contribution in [0.3, 0.4) is 0 Å². The van der Waals surface area contributed by atoms with Gasteiger partial charge in [0.1, 0.15) is 11.4 Å². The summed E-state index contributed by atoms with van der Waals surface area (Å²) in [6.07, 6.45) is 3.51. The van der Waals surface area contributed by atoms with Crippen LogP contribution in [0.1, 0.15) is 25.3 Å². The van der Waals surface area contributed by atoms with Crippen LogP contribution in [-0.4, -0.2) is 27.4 Å². The fourth-order valence-corrected chi connectivity index (χ4v) is 3.32. The number of carbonyl (C=O) groups excluding carboxylic acids is 2. The molecular weight excluding hydrogens is 297 g/mol. The molecule has 2 aromatic rings. The number of carbonyl (C=O) groups is 2. The first-order valence-corrected chi connectivity index (χ1v) is 7.66. The van der Waals surface area contributed by atoms with Gasteiger partial charge in [-0.05, 0) is 43.9 Å². The Morgan fingerprint density at radius 1 is 1.39 bits per heavy atom. The first kappa shape index (κ1) is 14.1. The van der Waals surface area contributed by atoms with Gasteiger partial charge in [0.05, 0.1) is 12.1 Å². The maximum absolute atomic E-state index is 13.8. The molecule has 1 saturated heterocycles. The molecule has 1 aromatic heterocycles. The van der Waals surface area contributed by atoms with Crippen LogP contribution in [0.2, 0.25) is 0 Å². The molecule has 6 heteroatoms. The monoisotopic (exact) mass is 313 g/mol. The zero-order valence-corrected chi connectivity index (χ0v) is 12.7. The third-order valence-electron chi connectivity index (χ3n) is 4.77. The summed E-state index contributed by atoms with van der Waals surface area (Å²) in [6.45, 7) is 1.80. The van der Waals surface area contributed by atoms with Crippen molar-refractivity contribution in [3.8, 4) is 0 Å². The number of fused-ring (bicyclic) bond motifs is 1. The second-order valence-electron chi connectivity index (χ2n) is 6.44. The number of amides is 3. The second-order valence-corrected chi connectivity index (χ2v) is 6.44. The van der Waals surface area contributed by atoms with Gasteiger partial charge in [-0.2, -0.15) is 0 Å². The Kier molecular flexibility index (Phi) is 2.91. The minimum absolute atomic E-state index is 0.0260. The van der Waals surface area contributed by atoms with Crippen molar-refractivity contribution in [1.29, 1.82) is 0 Å². The van der Waals surface area contributed by atoms with Crippen molar-refractivity contribution >= 4 is 22.8 Å². The number of benzene rings is 1. The van der Waals surface area contributed by atoms with E-state index in [1.54, 1.807) is 25.3 Å². The molecule has 2 fully saturated rings. The van der Waals surface area contributed by atoms with E-state index in [0.717, 1.165) is 12.8 Å². The molecule has 1 aliphatic carbocycles. The third kappa shape index (κ3) is 2.17. The highest BCUT2D eigenvalue weighted by molar-refractivity contribution is 6.07. The largest absolute Gasteiger partial charge is 0.325 e. The van der Waals surface area contributed by atoms with Crippen molar-refractivity contribution in [3.05, 3.63) is 41.8 Å². The Morgan fingerprint density at radius 3 is 2.91 bits per heavy atom. The molecule has 1 aromatic carbocycles. The lowest BCUT2D eigenvalue weighted by Gasteiger charge is -2.21. The number of halogens is 1. The van der Waals surface area contributed by atoms with E-state index < -0.39 is 17.4 Å². The van der Waals surface area contributed by atoms with Crippen LogP contribution in [0.5, 0.6) is 0 Å². The summed E-state index contributed by atoms with van der Waals surface area (Å²) in [5.41, 5.74) is 0.312. The molecule has 0 radical (unpaired) electrons. The zero-order chi connectivity index (χ0) is 16.2. The van der Waals surface area contributed by atoms with E-state index in [9.17, 15) is 14.0 Å². The van der Waals surface area contributed by atoms with Crippen molar-refractivity contribution in [2.75, 3.05) is 0 Å². The molecular formula is C17H16FN3O2. The predicted molar refractivity (Wildman–Crippen MR) is 81.9 cm³/mol. The van der Waals surface area contributed by atoms with Crippen molar-refractivity contribution in [1.82, 2.24) is 15.2 Å². The van der Waals surface area contributed by atoms with Crippen LogP contribution in [-0.2, 0) is 11.3 Å². The van der Waals surface area contributed by atoms with Crippen molar-refractivity contribution in [2.45, 2.75) is 31.8 Å².